The van der Waals surface area contributed by atoms with Crippen molar-refractivity contribution in [2.75, 3.05) is 19.6 Å². The van der Waals surface area contributed by atoms with Crippen LogP contribution in [0.15, 0.2) is 0 Å². The molecule has 5 heteroatoms. The van der Waals surface area contributed by atoms with Gasteiger partial charge in [0.25, 0.3) is 0 Å². The van der Waals surface area contributed by atoms with Crippen LogP contribution < -0.4 is 5.32 Å². The molecule has 0 aromatic rings. The van der Waals surface area contributed by atoms with Crippen molar-refractivity contribution in [2.24, 2.45) is 11.8 Å². The maximum Gasteiger partial charge on any atom is 0.410 e. The molecule has 1 aliphatic rings. The van der Waals surface area contributed by atoms with Crippen molar-refractivity contribution in [1.82, 2.24) is 10.2 Å². The number of nitrogens with one attached hydrogen (secondary N) is 1. The summed E-state index contributed by atoms with van der Waals surface area (Å²) < 4.78 is 5.37. The molecule has 0 radical (unpaired) electrons. The first-order valence-corrected chi connectivity index (χ1v) is 7.94. The standard InChI is InChI=1S/C16H30N2O3/c1-12(2)8-9-17-14(19)13-7-6-10-18(11-13)15(20)21-16(3,4)5/h12-13H,6-11H2,1-5H3,(H,17,19)/t13-/m0/s1. The first-order valence-electron chi connectivity index (χ1n) is 7.94. The largest absolute Gasteiger partial charge is 0.444 e. The Labute approximate surface area is 128 Å². The highest BCUT2D eigenvalue weighted by Gasteiger charge is 2.30. The minimum absolute atomic E-state index is 0.0592. The average molecular weight is 298 g/mol. The van der Waals surface area contributed by atoms with Crippen molar-refractivity contribution >= 4 is 12.0 Å². The van der Waals surface area contributed by atoms with Crippen LogP contribution in [-0.4, -0.2) is 42.1 Å². The van der Waals surface area contributed by atoms with Gasteiger partial charge in [0, 0.05) is 19.6 Å². The molecule has 5 nitrogen and oxygen atoms in total. The van der Waals surface area contributed by atoms with Crippen LogP contribution in [0, 0.1) is 11.8 Å². The van der Waals surface area contributed by atoms with E-state index in [1.54, 1.807) is 4.90 Å². The van der Waals surface area contributed by atoms with Gasteiger partial charge in [0.15, 0.2) is 0 Å². The van der Waals surface area contributed by atoms with E-state index in [1.807, 2.05) is 20.8 Å². The lowest BCUT2D eigenvalue weighted by Gasteiger charge is -2.33. The highest BCUT2D eigenvalue weighted by molar-refractivity contribution is 5.80. The van der Waals surface area contributed by atoms with Crippen molar-refractivity contribution in [3.63, 3.8) is 0 Å². The quantitative estimate of drug-likeness (QED) is 0.868. The second-order valence-corrected chi connectivity index (χ2v) is 7.24. The summed E-state index contributed by atoms with van der Waals surface area (Å²) in [4.78, 5) is 25.9. The molecule has 0 aliphatic carbocycles. The summed E-state index contributed by atoms with van der Waals surface area (Å²) >= 11 is 0. The number of hydrogen-bond donors (Lipinski definition) is 1. The smallest absolute Gasteiger partial charge is 0.410 e. The number of likely N-dealkylation sites (tertiary alicyclic amines) is 1. The molecule has 1 saturated heterocycles. The van der Waals surface area contributed by atoms with E-state index < -0.39 is 5.60 Å². The number of carbonyl (C=O) groups is 2. The molecule has 0 saturated carbocycles. The summed E-state index contributed by atoms with van der Waals surface area (Å²) in [7, 11) is 0. The predicted octanol–water partition coefficient (Wildman–Crippen LogP) is 2.80. The molecule has 1 N–H and O–H groups in total. The summed E-state index contributed by atoms with van der Waals surface area (Å²) in [6.45, 7) is 11.7. The molecule has 0 aromatic heterocycles. The van der Waals surface area contributed by atoms with Gasteiger partial charge in [0.05, 0.1) is 5.92 Å². The SMILES string of the molecule is CC(C)CCNC(=O)[C@H]1CCCN(C(=O)OC(C)(C)C)C1. The Balaban J connectivity index is 2.44. The highest BCUT2D eigenvalue weighted by Crippen LogP contribution is 2.19. The van der Waals surface area contributed by atoms with Gasteiger partial charge in [0.2, 0.25) is 5.91 Å². The molecule has 21 heavy (non-hydrogen) atoms. The molecule has 0 aromatic carbocycles. The van der Waals surface area contributed by atoms with Crippen LogP contribution in [0.5, 0.6) is 0 Å². The Bertz CT molecular complexity index is 361. The molecular formula is C16H30N2O3. The van der Waals surface area contributed by atoms with Gasteiger partial charge in [-0.05, 0) is 46.0 Å². The number of carbonyl (C=O) groups excluding carboxylic acids is 2. The molecule has 122 valence electrons. The van der Waals surface area contributed by atoms with Crippen molar-refractivity contribution in [2.45, 2.75) is 59.5 Å². The molecule has 0 spiro atoms. The minimum Gasteiger partial charge on any atom is -0.444 e. The summed E-state index contributed by atoms with van der Waals surface area (Å²) in [5, 5.41) is 2.97. The van der Waals surface area contributed by atoms with Gasteiger partial charge in [-0.2, -0.15) is 0 Å². The van der Waals surface area contributed by atoms with Gasteiger partial charge in [-0.15, -0.1) is 0 Å². The maximum atomic E-state index is 12.1. The van der Waals surface area contributed by atoms with E-state index in [4.69, 9.17) is 4.74 Å². The summed E-state index contributed by atoms with van der Waals surface area (Å²) in [5.41, 5.74) is -0.496. The van der Waals surface area contributed by atoms with Crippen LogP contribution in [0.2, 0.25) is 0 Å². The monoisotopic (exact) mass is 298 g/mol. The molecular weight excluding hydrogens is 268 g/mol. The van der Waals surface area contributed by atoms with E-state index >= 15 is 0 Å². The number of hydrogen-bond acceptors (Lipinski definition) is 3. The molecule has 2 amide bonds. The zero-order valence-electron chi connectivity index (χ0n) is 14.1. The second-order valence-electron chi connectivity index (χ2n) is 7.24. The van der Waals surface area contributed by atoms with Gasteiger partial charge in [0.1, 0.15) is 5.60 Å². The van der Waals surface area contributed by atoms with Crippen LogP contribution in [0.3, 0.4) is 0 Å². The second kappa shape index (κ2) is 7.66. The first kappa shape index (κ1) is 17.8. The van der Waals surface area contributed by atoms with E-state index in [2.05, 4.69) is 19.2 Å². The minimum atomic E-state index is -0.496. The first-order chi connectivity index (χ1) is 9.69. The highest BCUT2D eigenvalue weighted by atomic mass is 16.6. The number of ether oxygens (including phenoxy) is 1. The van der Waals surface area contributed by atoms with Crippen molar-refractivity contribution < 1.29 is 14.3 Å². The third-order valence-electron chi connectivity index (χ3n) is 3.46. The lowest BCUT2D eigenvalue weighted by molar-refractivity contribution is -0.126. The summed E-state index contributed by atoms with van der Waals surface area (Å²) in [6, 6.07) is 0. The van der Waals surface area contributed by atoms with Gasteiger partial charge < -0.3 is 15.0 Å². The third kappa shape index (κ3) is 6.82. The predicted molar refractivity (Wildman–Crippen MR) is 83.0 cm³/mol. The molecule has 0 bridgehead atoms. The van der Waals surface area contributed by atoms with Gasteiger partial charge in [-0.25, -0.2) is 4.79 Å². The van der Waals surface area contributed by atoms with Crippen LogP contribution in [-0.2, 0) is 9.53 Å². The Morgan fingerprint density at radius 1 is 1.33 bits per heavy atom. The normalized spacial score (nSPS) is 19.5. The molecule has 1 atom stereocenters. The molecule has 1 fully saturated rings. The molecule has 1 aliphatic heterocycles. The molecule has 1 rings (SSSR count). The lowest BCUT2D eigenvalue weighted by atomic mass is 9.97. The number of nitrogens with zero attached hydrogens (tertiary/aromatic N) is 1. The van der Waals surface area contributed by atoms with Crippen molar-refractivity contribution in [3.8, 4) is 0 Å². The fourth-order valence-electron chi connectivity index (χ4n) is 2.31. The van der Waals surface area contributed by atoms with E-state index in [0.717, 1.165) is 19.3 Å². The van der Waals surface area contributed by atoms with Gasteiger partial charge >= 0.3 is 6.09 Å². The van der Waals surface area contributed by atoms with Crippen LogP contribution in [0.1, 0.15) is 53.9 Å². The summed E-state index contributed by atoms with van der Waals surface area (Å²) in [5.74, 6) is 0.525. The third-order valence-corrected chi connectivity index (χ3v) is 3.46. The fourth-order valence-corrected chi connectivity index (χ4v) is 2.31. The Morgan fingerprint density at radius 3 is 2.57 bits per heavy atom. The Morgan fingerprint density at radius 2 is 2.00 bits per heavy atom. The number of piperidine rings is 1. The zero-order valence-corrected chi connectivity index (χ0v) is 14.1. The van der Waals surface area contributed by atoms with E-state index in [0.29, 0.717) is 25.6 Å². The maximum absolute atomic E-state index is 12.1. The van der Waals surface area contributed by atoms with E-state index in [9.17, 15) is 9.59 Å². The lowest BCUT2D eigenvalue weighted by Crippen LogP contribution is -2.47. The van der Waals surface area contributed by atoms with Gasteiger partial charge in [-0.1, -0.05) is 13.8 Å². The van der Waals surface area contributed by atoms with Gasteiger partial charge in [-0.3, -0.25) is 4.79 Å². The van der Waals surface area contributed by atoms with Crippen molar-refractivity contribution in [3.05, 3.63) is 0 Å². The van der Waals surface area contributed by atoms with Crippen molar-refractivity contribution in [1.29, 1.82) is 0 Å². The van der Waals surface area contributed by atoms with Crippen LogP contribution in [0.4, 0.5) is 4.79 Å². The van der Waals surface area contributed by atoms with Crippen LogP contribution >= 0.6 is 0 Å². The molecule has 0 unspecified atom stereocenters. The summed E-state index contributed by atoms with van der Waals surface area (Å²) in [6.07, 6.45) is 2.35. The van der Waals surface area contributed by atoms with E-state index in [1.165, 1.54) is 0 Å². The average Bonchev–Trinajstić information content (AvgIpc) is 2.36. The van der Waals surface area contributed by atoms with Crippen LogP contribution in [0.25, 0.3) is 0 Å². The fraction of sp³-hybridized carbons (Fsp3) is 0.875. The molecule has 1 heterocycles. The topological polar surface area (TPSA) is 58.6 Å². The number of rotatable bonds is 4. The van der Waals surface area contributed by atoms with E-state index in [-0.39, 0.29) is 17.9 Å². The Hall–Kier alpha value is -1.26. The number of amides is 2. The Kier molecular flexibility index (Phi) is 6.49. The zero-order chi connectivity index (χ0) is 16.0.